The molecule has 8 aliphatic rings. The normalized spacial score (nSPS) is 24.1. The molecule has 0 heterocycles. The van der Waals surface area contributed by atoms with Crippen LogP contribution in [0.5, 0.6) is 23.0 Å². The number of allylic oxidation sites excluding steroid dienone is 16. The lowest BCUT2D eigenvalue weighted by Crippen LogP contribution is -2.40. The molecule has 0 fully saturated rings. The Kier molecular flexibility index (Phi) is 11.5. The summed E-state index contributed by atoms with van der Waals surface area (Å²) in [6.45, 7) is 14.4. The van der Waals surface area contributed by atoms with Gasteiger partial charge in [-0.1, -0.05) is 162 Å². The second-order valence-corrected chi connectivity index (χ2v) is 28.2. The highest BCUT2D eigenvalue weighted by Gasteiger charge is 2.60. The molecule has 0 aliphatic heterocycles. The van der Waals surface area contributed by atoms with Gasteiger partial charge in [0.1, 0.15) is 28.8 Å². The first-order chi connectivity index (χ1) is 45.8. The Morgan fingerprint density at radius 1 is 0.372 bits per heavy atom. The van der Waals surface area contributed by atoms with Crippen molar-refractivity contribution in [1.82, 2.24) is 0 Å². The van der Waals surface area contributed by atoms with Gasteiger partial charge >= 0.3 is 0 Å². The standard InChI is InChI=1S/C88H72O6/c1-43-13-27-56-75-59(34-39-67(93-11)69(43)75)80-73(50-20-38-66(92-10)45(3)41-50)79-58-31-29-55-63-36-33-61-82-72(49-18-25-53(91-9)26-19-49)84-65-42-44(2)46(4)85-68(94-12)40-37-64(88(65,85)6)83(84)71(48-16-23-52(90-8)24-17-48)81(82)60-32-35-62(87(63,5)86(60)61)54-28-30-57(76(58)74(54)55)78(79)70(77(56)80)47-14-21-51(89-7)22-15-47/h13-42,44-46,66,85-86H,1-12H3. The molecule has 0 saturated carbocycles. The molecule has 11 aromatic rings. The zero-order chi connectivity index (χ0) is 63.9. The predicted octanol–water partition coefficient (Wildman–Crippen LogP) is 21.6. The Bertz CT molecular complexity index is 5580. The fraction of sp³-hybridized carbons (Fsp3) is 0.227. The van der Waals surface area contributed by atoms with Gasteiger partial charge in [0.15, 0.2) is 0 Å². The lowest BCUT2D eigenvalue weighted by Gasteiger charge is -2.49. The van der Waals surface area contributed by atoms with Gasteiger partial charge in [-0.15, -0.1) is 0 Å². The lowest BCUT2D eigenvalue weighted by molar-refractivity contribution is 0.112. The molecular formula is C88H72O6. The summed E-state index contributed by atoms with van der Waals surface area (Å²) in [6, 6.07) is 45.8. The fourth-order valence-electron chi connectivity index (χ4n) is 20.1. The summed E-state index contributed by atoms with van der Waals surface area (Å²) in [5.41, 5.74) is 26.4. The molecule has 0 bridgehead atoms. The third-order valence-corrected chi connectivity index (χ3v) is 24.3. The predicted molar refractivity (Wildman–Crippen MR) is 389 cm³/mol. The minimum Gasteiger partial charge on any atom is -0.501 e. The van der Waals surface area contributed by atoms with E-state index in [0.29, 0.717) is 11.8 Å². The first-order valence-electron chi connectivity index (χ1n) is 33.4. The summed E-state index contributed by atoms with van der Waals surface area (Å²) in [5.74, 6) is 5.41. The first kappa shape index (κ1) is 55.7. The largest absolute Gasteiger partial charge is 0.501 e. The van der Waals surface area contributed by atoms with Crippen molar-refractivity contribution in [2.45, 2.75) is 47.6 Å². The van der Waals surface area contributed by atoms with Gasteiger partial charge in [0.05, 0.1) is 41.7 Å². The van der Waals surface area contributed by atoms with Crippen LogP contribution in [0.1, 0.15) is 79.1 Å². The molecule has 0 radical (unpaired) electrons. The van der Waals surface area contributed by atoms with E-state index in [9.17, 15) is 0 Å². The highest BCUT2D eigenvalue weighted by atomic mass is 16.5. The summed E-state index contributed by atoms with van der Waals surface area (Å²) >= 11 is 0. The van der Waals surface area contributed by atoms with Gasteiger partial charge in [-0.05, 0) is 244 Å². The van der Waals surface area contributed by atoms with E-state index in [4.69, 9.17) is 28.4 Å². The molecule has 0 spiro atoms. The van der Waals surface area contributed by atoms with E-state index < -0.39 is 5.41 Å². The van der Waals surface area contributed by atoms with Crippen molar-refractivity contribution in [3.63, 3.8) is 0 Å². The molecule has 19 rings (SSSR count). The van der Waals surface area contributed by atoms with Crippen LogP contribution < -0.4 is 18.9 Å². The van der Waals surface area contributed by atoms with Crippen LogP contribution in [0, 0.1) is 47.3 Å². The van der Waals surface area contributed by atoms with E-state index in [0.717, 1.165) is 39.7 Å². The van der Waals surface area contributed by atoms with Crippen molar-refractivity contribution < 1.29 is 28.4 Å². The van der Waals surface area contributed by atoms with Crippen LogP contribution in [-0.4, -0.2) is 48.8 Å². The van der Waals surface area contributed by atoms with Crippen molar-refractivity contribution in [2.75, 3.05) is 42.7 Å². The number of ether oxygens (including phenoxy) is 6. The molecule has 6 heteroatoms. The molecule has 8 atom stereocenters. The molecule has 8 unspecified atom stereocenters. The van der Waals surface area contributed by atoms with E-state index in [1.807, 2.05) is 14.2 Å². The van der Waals surface area contributed by atoms with Crippen molar-refractivity contribution >= 4 is 104 Å². The van der Waals surface area contributed by atoms with Crippen molar-refractivity contribution in [3.8, 4) is 56.4 Å². The maximum Gasteiger partial charge on any atom is 0.127 e. The van der Waals surface area contributed by atoms with Crippen molar-refractivity contribution in [2.24, 2.45) is 40.4 Å². The average molecular weight is 1230 g/mol. The van der Waals surface area contributed by atoms with Gasteiger partial charge in [0, 0.05) is 46.5 Å². The Labute approximate surface area is 548 Å². The summed E-state index contributed by atoms with van der Waals surface area (Å²) in [7, 11) is 10.8. The van der Waals surface area contributed by atoms with Gasteiger partial charge < -0.3 is 28.4 Å². The highest BCUT2D eigenvalue weighted by molar-refractivity contribution is 6.46. The second kappa shape index (κ2) is 19.4. The first-order valence-corrected chi connectivity index (χ1v) is 33.4. The molecule has 11 aromatic carbocycles. The molecular weight excluding hydrogens is 1150 g/mol. The van der Waals surface area contributed by atoms with E-state index in [-0.39, 0.29) is 29.3 Å². The average Bonchev–Trinajstić information content (AvgIpc) is 1.47. The smallest absolute Gasteiger partial charge is 0.127 e. The van der Waals surface area contributed by atoms with E-state index >= 15 is 0 Å². The fourth-order valence-corrected chi connectivity index (χ4v) is 20.1. The van der Waals surface area contributed by atoms with Gasteiger partial charge in [0.2, 0.25) is 0 Å². The van der Waals surface area contributed by atoms with Gasteiger partial charge in [-0.3, -0.25) is 0 Å². The Balaban J connectivity index is 0.936. The Morgan fingerprint density at radius 2 is 0.862 bits per heavy atom. The van der Waals surface area contributed by atoms with Gasteiger partial charge in [-0.2, -0.15) is 0 Å². The Hall–Kier alpha value is -9.88. The summed E-state index contributed by atoms with van der Waals surface area (Å²) in [6.07, 6.45) is 24.5. The zero-order valence-corrected chi connectivity index (χ0v) is 55.2. The topological polar surface area (TPSA) is 55.4 Å². The van der Waals surface area contributed by atoms with Crippen LogP contribution in [-0.2, 0) is 9.47 Å². The molecule has 460 valence electrons. The molecule has 94 heavy (non-hydrogen) atoms. The van der Waals surface area contributed by atoms with E-state index in [1.54, 1.807) is 28.4 Å². The monoisotopic (exact) mass is 1220 g/mol. The number of hydrogen-bond acceptors (Lipinski definition) is 6. The third-order valence-electron chi connectivity index (χ3n) is 24.3. The van der Waals surface area contributed by atoms with E-state index in [1.165, 1.54) is 171 Å². The maximum atomic E-state index is 6.41. The van der Waals surface area contributed by atoms with Gasteiger partial charge in [-0.25, -0.2) is 0 Å². The number of methoxy groups -OCH3 is 6. The lowest BCUT2D eigenvalue weighted by atomic mass is 9.53. The van der Waals surface area contributed by atoms with Crippen molar-refractivity contribution in [1.29, 1.82) is 0 Å². The molecule has 6 nitrogen and oxygen atoms in total. The van der Waals surface area contributed by atoms with Crippen molar-refractivity contribution in [3.05, 3.63) is 232 Å². The number of rotatable bonds is 10. The quantitative estimate of drug-likeness (QED) is 0.136. The summed E-state index contributed by atoms with van der Waals surface area (Å²) in [4.78, 5) is 0. The molecule has 0 amide bonds. The SMILES string of the molecule is COC1=CC=C2c3c(c(-c4ccc(OC)cc4)c4c(c3-c3ccc(OC)cc3)C3=CC=C5c6ccc7c8c(-c9ccc(OC)cc9)c9c%10ccc(C)c%11c(OC)ccc(c9c(C9=CC(C)C(OC)C=C9)c8c8ccc(c6c87)C6=CC=C4C3C65C)c%11%10)C3=CC(C)C(C)C1C23C. The van der Waals surface area contributed by atoms with Gasteiger partial charge in [0.25, 0.3) is 0 Å². The Morgan fingerprint density at radius 3 is 1.37 bits per heavy atom. The third kappa shape index (κ3) is 6.69. The highest BCUT2D eigenvalue weighted by Crippen LogP contribution is 2.75. The second-order valence-electron chi connectivity index (χ2n) is 28.2. The van der Waals surface area contributed by atoms with Crippen LogP contribution in [0.25, 0.3) is 137 Å². The van der Waals surface area contributed by atoms with Crippen LogP contribution in [0.2, 0.25) is 0 Å². The number of hydrogen-bond donors (Lipinski definition) is 0. The summed E-state index contributed by atoms with van der Waals surface area (Å²) < 4.78 is 36.4. The minimum absolute atomic E-state index is 0.00636. The molecule has 0 saturated heterocycles. The minimum atomic E-state index is -0.447. The van der Waals surface area contributed by atoms with Crippen LogP contribution in [0.4, 0.5) is 0 Å². The number of benzene rings is 9. The van der Waals surface area contributed by atoms with Crippen LogP contribution in [0.3, 0.4) is 0 Å². The molecule has 8 aliphatic carbocycles. The number of aryl methyl sites for hydroxylation is 1. The number of fused-ring (bicyclic) bond motifs is 14. The molecule has 0 aromatic heterocycles. The maximum absolute atomic E-state index is 6.41. The van der Waals surface area contributed by atoms with Crippen LogP contribution >= 0.6 is 0 Å². The zero-order valence-electron chi connectivity index (χ0n) is 55.2. The van der Waals surface area contributed by atoms with E-state index in [2.05, 4.69) is 224 Å². The summed E-state index contributed by atoms with van der Waals surface area (Å²) in [5, 5.41) is 15.1. The molecule has 0 N–H and O–H groups in total. The van der Waals surface area contributed by atoms with Crippen LogP contribution in [0.15, 0.2) is 188 Å².